The number of carbonyl (C=O) groups is 1. The maximum absolute atomic E-state index is 11.3. The first-order valence-electron chi connectivity index (χ1n) is 10.2. The lowest BCUT2D eigenvalue weighted by Gasteiger charge is -2.07. The summed E-state index contributed by atoms with van der Waals surface area (Å²) in [5.74, 6) is -0.0481. The first-order valence-corrected chi connectivity index (χ1v) is 10.2. The van der Waals surface area contributed by atoms with Crippen LogP contribution >= 0.6 is 0 Å². The molecular weight excluding hydrogens is 300 g/mol. The molecule has 142 valence electrons. The molecule has 0 radical (unpaired) electrons. The Hall–Kier alpha value is -0.830. The third-order valence-corrected chi connectivity index (χ3v) is 4.18. The van der Waals surface area contributed by atoms with Crippen LogP contribution in [-0.4, -0.2) is 23.8 Å². The third-order valence-electron chi connectivity index (χ3n) is 4.18. The molecule has 1 N–H and O–H groups in total. The fraction of sp³-hybridized carbons (Fsp3) is 0.857. The first-order chi connectivity index (χ1) is 11.7. The Labute approximate surface area is 149 Å². The zero-order valence-corrected chi connectivity index (χ0v) is 16.1. The molecular formula is C21H40O3. The second-order valence-electron chi connectivity index (χ2n) is 6.74. The quantitative estimate of drug-likeness (QED) is 0.202. The summed E-state index contributed by atoms with van der Waals surface area (Å²) >= 11 is 0. The molecule has 0 aromatic carbocycles. The Morgan fingerprint density at radius 2 is 1.62 bits per heavy atom. The molecule has 0 aliphatic heterocycles. The van der Waals surface area contributed by atoms with Gasteiger partial charge >= 0.3 is 5.97 Å². The van der Waals surface area contributed by atoms with Gasteiger partial charge in [0.05, 0.1) is 12.7 Å². The van der Waals surface area contributed by atoms with Crippen LogP contribution in [-0.2, 0) is 9.53 Å². The Morgan fingerprint density at radius 1 is 0.917 bits per heavy atom. The Bertz CT molecular complexity index is 299. The van der Waals surface area contributed by atoms with E-state index in [0.29, 0.717) is 13.0 Å². The van der Waals surface area contributed by atoms with Crippen LogP contribution in [0.5, 0.6) is 0 Å². The Balaban J connectivity index is 3.30. The minimum Gasteiger partial charge on any atom is -0.466 e. The summed E-state index contributed by atoms with van der Waals surface area (Å²) in [6.45, 7) is 4.77. The zero-order chi connectivity index (χ0) is 17.9. The van der Waals surface area contributed by atoms with E-state index in [2.05, 4.69) is 19.1 Å². The van der Waals surface area contributed by atoms with Crippen LogP contribution in [0.25, 0.3) is 0 Å². The molecule has 0 saturated carbocycles. The van der Waals surface area contributed by atoms with E-state index >= 15 is 0 Å². The molecule has 0 aliphatic rings. The number of unbranched alkanes of at least 4 members (excludes halogenated alkanes) is 8. The van der Waals surface area contributed by atoms with Crippen LogP contribution < -0.4 is 0 Å². The van der Waals surface area contributed by atoms with Gasteiger partial charge in [0.25, 0.3) is 0 Å². The number of hydrogen-bond acceptors (Lipinski definition) is 3. The average molecular weight is 341 g/mol. The summed E-state index contributed by atoms with van der Waals surface area (Å²) in [6, 6.07) is 0. The van der Waals surface area contributed by atoms with Crippen molar-refractivity contribution in [1.29, 1.82) is 0 Å². The number of allylic oxidation sites excluding steroid dienone is 1. The van der Waals surface area contributed by atoms with E-state index in [1.807, 2.05) is 6.92 Å². The van der Waals surface area contributed by atoms with Gasteiger partial charge in [0.2, 0.25) is 0 Å². The molecule has 0 saturated heterocycles. The van der Waals surface area contributed by atoms with E-state index in [1.165, 1.54) is 38.5 Å². The van der Waals surface area contributed by atoms with E-state index in [9.17, 15) is 9.90 Å². The van der Waals surface area contributed by atoms with Gasteiger partial charge in [-0.1, -0.05) is 70.9 Å². The van der Waals surface area contributed by atoms with Crippen molar-refractivity contribution in [2.75, 3.05) is 6.61 Å². The highest BCUT2D eigenvalue weighted by atomic mass is 16.5. The maximum Gasteiger partial charge on any atom is 0.305 e. The predicted octanol–water partition coefficient (Wildman–Crippen LogP) is 5.95. The number of carbonyl (C=O) groups excluding carboxylic acids is 1. The SMILES string of the molecule is CCCCCC[C@@H](O)CC=CCCCCCCCC(=O)OCCC. The number of esters is 1. The molecule has 0 aromatic heterocycles. The van der Waals surface area contributed by atoms with E-state index in [4.69, 9.17) is 4.74 Å². The molecule has 0 amide bonds. The van der Waals surface area contributed by atoms with Crippen molar-refractivity contribution in [3.05, 3.63) is 12.2 Å². The third kappa shape index (κ3) is 17.5. The van der Waals surface area contributed by atoms with Crippen molar-refractivity contribution >= 4 is 5.97 Å². The van der Waals surface area contributed by atoms with Gasteiger partial charge in [0, 0.05) is 6.42 Å². The Morgan fingerprint density at radius 3 is 2.38 bits per heavy atom. The monoisotopic (exact) mass is 340 g/mol. The lowest BCUT2D eigenvalue weighted by atomic mass is 10.1. The van der Waals surface area contributed by atoms with Crippen molar-refractivity contribution in [1.82, 2.24) is 0 Å². The van der Waals surface area contributed by atoms with Gasteiger partial charge in [-0.05, 0) is 38.5 Å². The molecule has 0 unspecified atom stereocenters. The molecule has 0 fully saturated rings. The maximum atomic E-state index is 11.3. The summed E-state index contributed by atoms with van der Waals surface area (Å²) in [7, 11) is 0. The number of ether oxygens (including phenoxy) is 1. The lowest BCUT2D eigenvalue weighted by molar-refractivity contribution is -0.143. The van der Waals surface area contributed by atoms with Crippen molar-refractivity contribution in [3.63, 3.8) is 0 Å². The van der Waals surface area contributed by atoms with Gasteiger partial charge in [-0.3, -0.25) is 4.79 Å². The highest BCUT2D eigenvalue weighted by molar-refractivity contribution is 5.69. The van der Waals surface area contributed by atoms with E-state index in [-0.39, 0.29) is 12.1 Å². The van der Waals surface area contributed by atoms with Gasteiger partial charge in [-0.25, -0.2) is 0 Å². The molecule has 0 rings (SSSR count). The molecule has 0 aromatic rings. The fourth-order valence-electron chi connectivity index (χ4n) is 2.65. The molecule has 0 heterocycles. The number of aliphatic hydroxyl groups excluding tert-OH is 1. The van der Waals surface area contributed by atoms with Crippen molar-refractivity contribution < 1.29 is 14.6 Å². The van der Waals surface area contributed by atoms with Gasteiger partial charge in [0.15, 0.2) is 0 Å². The largest absolute Gasteiger partial charge is 0.466 e. The van der Waals surface area contributed by atoms with Crippen LogP contribution in [0.4, 0.5) is 0 Å². The van der Waals surface area contributed by atoms with Crippen molar-refractivity contribution in [2.24, 2.45) is 0 Å². The molecule has 3 heteroatoms. The van der Waals surface area contributed by atoms with E-state index in [0.717, 1.165) is 44.9 Å². The average Bonchev–Trinajstić information content (AvgIpc) is 2.58. The second kappa shape index (κ2) is 18.5. The number of aliphatic hydroxyl groups is 1. The standard InChI is InChI=1S/C21H40O3/c1-3-5-6-13-16-20(22)17-14-11-9-7-8-10-12-15-18-21(23)24-19-4-2/h11,14,20,22H,3-10,12-13,15-19H2,1-2H3/t20-/m1/s1. The number of hydrogen-bond donors (Lipinski definition) is 1. The van der Waals surface area contributed by atoms with Crippen molar-refractivity contribution in [3.8, 4) is 0 Å². The highest BCUT2D eigenvalue weighted by Crippen LogP contribution is 2.10. The summed E-state index contributed by atoms with van der Waals surface area (Å²) in [4.78, 5) is 11.3. The van der Waals surface area contributed by atoms with Gasteiger partial charge in [-0.2, -0.15) is 0 Å². The first kappa shape index (κ1) is 23.2. The minimum atomic E-state index is -0.162. The summed E-state index contributed by atoms with van der Waals surface area (Å²) in [5.41, 5.74) is 0. The molecule has 3 nitrogen and oxygen atoms in total. The fourth-order valence-corrected chi connectivity index (χ4v) is 2.65. The van der Waals surface area contributed by atoms with E-state index < -0.39 is 0 Å². The van der Waals surface area contributed by atoms with Crippen LogP contribution in [0, 0.1) is 0 Å². The summed E-state index contributed by atoms with van der Waals surface area (Å²) in [5, 5.41) is 9.86. The van der Waals surface area contributed by atoms with Crippen LogP contribution in [0.15, 0.2) is 12.2 Å². The van der Waals surface area contributed by atoms with Gasteiger partial charge in [-0.15, -0.1) is 0 Å². The Kier molecular flexibility index (Phi) is 17.9. The summed E-state index contributed by atoms with van der Waals surface area (Å²) < 4.78 is 5.05. The van der Waals surface area contributed by atoms with Crippen LogP contribution in [0.1, 0.15) is 104 Å². The second-order valence-corrected chi connectivity index (χ2v) is 6.74. The molecule has 1 atom stereocenters. The lowest BCUT2D eigenvalue weighted by Crippen LogP contribution is -2.04. The van der Waals surface area contributed by atoms with Crippen molar-refractivity contribution in [2.45, 2.75) is 110 Å². The molecule has 24 heavy (non-hydrogen) atoms. The van der Waals surface area contributed by atoms with Crippen LogP contribution in [0.3, 0.4) is 0 Å². The molecule has 0 bridgehead atoms. The minimum absolute atomic E-state index is 0.0481. The summed E-state index contributed by atoms with van der Waals surface area (Å²) in [6.07, 6.45) is 19.1. The smallest absolute Gasteiger partial charge is 0.305 e. The number of rotatable bonds is 17. The molecule has 0 aliphatic carbocycles. The highest BCUT2D eigenvalue weighted by Gasteiger charge is 2.02. The van der Waals surface area contributed by atoms with Crippen LogP contribution in [0.2, 0.25) is 0 Å². The van der Waals surface area contributed by atoms with E-state index in [1.54, 1.807) is 0 Å². The van der Waals surface area contributed by atoms with Gasteiger partial charge in [0.1, 0.15) is 0 Å². The molecule has 0 spiro atoms. The normalized spacial score (nSPS) is 12.6. The topological polar surface area (TPSA) is 46.5 Å². The van der Waals surface area contributed by atoms with Gasteiger partial charge < -0.3 is 9.84 Å². The predicted molar refractivity (Wildman–Crippen MR) is 102 cm³/mol. The zero-order valence-electron chi connectivity index (χ0n) is 16.1.